The standard InChI is InChI=1S/C17H23N3O2S/c1-4-8-22-15-7-5-6-13(9-15)18-17-19-14(10-16(21)20-17)11-23-12(2)3/h5-7,9-10,12H,4,8,11H2,1-3H3,(H2,18,19,20,21). The summed E-state index contributed by atoms with van der Waals surface area (Å²) in [5.74, 6) is 1.96. The highest BCUT2D eigenvalue weighted by molar-refractivity contribution is 7.99. The van der Waals surface area contributed by atoms with Gasteiger partial charge in [-0.25, -0.2) is 4.98 Å². The van der Waals surface area contributed by atoms with E-state index in [1.54, 1.807) is 17.8 Å². The monoisotopic (exact) mass is 333 g/mol. The van der Waals surface area contributed by atoms with Crippen LogP contribution in [0.15, 0.2) is 35.1 Å². The molecule has 0 spiro atoms. The van der Waals surface area contributed by atoms with Crippen molar-refractivity contribution >= 4 is 23.4 Å². The van der Waals surface area contributed by atoms with Crippen LogP contribution in [0.3, 0.4) is 0 Å². The molecule has 0 amide bonds. The van der Waals surface area contributed by atoms with E-state index in [1.807, 2.05) is 24.3 Å². The van der Waals surface area contributed by atoms with Gasteiger partial charge in [-0.05, 0) is 23.8 Å². The third kappa shape index (κ3) is 5.98. The summed E-state index contributed by atoms with van der Waals surface area (Å²) in [5, 5.41) is 3.63. The van der Waals surface area contributed by atoms with Crippen molar-refractivity contribution in [3.8, 4) is 5.75 Å². The lowest BCUT2D eigenvalue weighted by atomic mass is 10.3. The van der Waals surface area contributed by atoms with Gasteiger partial charge in [0.2, 0.25) is 5.95 Å². The summed E-state index contributed by atoms with van der Waals surface area (Å²) < 4.78 is 5.61. The average molecular weight is 333 g/mol. The van der Waals surface area contributed by atoms with Crippen molar-refractivity contribution in [1.82, 2.24) is 9.97 Å². The van der Waals surface area contributed by atoms with Gasteiger partial charge in [-0.15, -0.1) is 0 Å². The van der Waals surface area contributed by atoms with E-state index in [1.165, 1.54) is 0 Å². The number of rotatable bonds is 8. The fraction of sp³-hybridized carbons (Fsp3) is 0.412. The van der Waals surface area contributed by atoms with E-state index in [0.29, 0.717) is 17.8 Å². The van der Waals surface area contributed by atoms with E-state index in [9.17, 15) is 4.79 Å². The molecule has 0 aliphatic carbocycles. The Kier molecular flexibility index (Phi) is 6.52. The van der Waals surface area contributed by atoms with Crippen LogP contribution in [0.25, 0.3) is 0 Å². The van der Waals surface area contributed by atoms with Gasteiger partial charge in [0.05, 0.1) is 12.3 Å². The first-order valence-electron chi connectivity index (χ1n) is 7.78. The Labute approximate surface area is 140 Å². The SMILES string of the molecule is CCCOc1cccc(Nc2nc(CSC(C)C)cc(=O)[nH]2)c1. The summed E-state index contributed by atoms with van der Waals surface area (Å²) in [7, 11) is 0. The molecule has 0 fully saturated rings. The minimum absolute atomic E-state index is 0.153. The number of nitrogens with zero attached hydrogens (tertiary/aromatic N) is 1. The first-order valence-corrected chi connectivity index (χ1v) is 8.83. The minimum atomic E-state index is -0.153. The second-order valence-corrected chi connectivity index (χ2v) is 7.01. The molecule has 1 aromatic carbocycles. The lowest BCUT2D eigenvalue weighted by Crippen LogP contribution is -2.12. The quantitative estimate of drug-likeness (QED) is 0.766. The summed E-state index contributed by atoms with van der Waals surface area (Å²) in [5.41, 5.74) is 1.45. The zero-order valence-corrected chi connectivity index (χ0v) is 14.6. The highest BCUT2D eigenvalue weighted by Crippen LogP contribution is 2.20. The van der Waals surface area contributed by atoms with Gasteiger partial charge in [0.15, 0.2) is 0 Å². The van der Waals surface area contributed by atoms with Crippen LogP contribution >= 0.6 is 11.8 Å². The molecular formula is C17H23N3O2S. The van der Waals surface area contributed by atoms with Crippen molar-refractivity contribution in [3.05, 3.63) is 46.4 Å². The zero-order valence-electron chi connectivity index (χ0n) is 13.8. The van der Waals surface area contributed by atoms with Gasteiger partial charge in [-0.3, -0.25) is 9.78 Å². The van der Waals surface area contributed by atoms with E-state index >= 15 is 0 Å². The molecule has 2 aromatic rings. The van der Waals surface area contributed by atoms with Gasteiger partial charge in [0.25, 0.3) is 5.56 Å². The Balaban J connectivity index is 2.11. The van der Waals surface area contributed by atoms with Gasteiger partial charge in [-0.1, -0.05) is 26.8 Å². The molecule has 0 unspecified atom stereocenters. The maximum atomic E-state index is 11.8. The molecule has 5 nitrogen and oxygen atoms in total. The molecule has 0 aliphatic rings. The van der Waals surface area contributed by atoms with Crippen molar-refractivity contribution in [2.24, 2.45) is 0 Å². The van der Waals surface area contributed by atoms with Crippen LogP contribution in [0.2, 0.25) is 0 Å². The number of aromatic nitrogens is 2. The Bertz CT molecular complexity index is 686. The van der Waals surface area contributed by atoms with Crippen LogP contribution in [-0.2, 0) is 5.75 Å². The van der Waals surface area contributed by atoms with E-state index < -0.39 is 0 Å². The van der Waals surface area contributed by atoms with E-state index in [4.69, 9.17) is 4.74 Å². The summed E-state index contributed by atoms with van der Waals surface area (Å²) in [6, 6.07) is 9.16. The average Bonchev–Trinajstić information content (AvgIpc) is 2.51. The Hall–Kier alpha value is -1.95. The van der Waals surface area contributed by atoms with Crippen LogP contribution in [0.1, 0.15) is 32.9 Å². The van der Waals surface area contributed by atoms with E-state index in [2.05, 4.69) is 36.1 Å². The third-order valence-corrected chi connectivity index (χ3v) is 4.06. The number of ether oxygens (including phenoxy) is 1. The molecule has 0 saturated heterocycles. The molecular weight excluding hydrogens is 310 g/mol. The number of hydrogen-bond acceptors (Lipinski definition) is 5. The summed E-state index contributed by atoms with van der Waals surface area (Å²) in [6.45, 7) is 7.00. The predicted octanol–water partition coefficient (Wildman–Crippen LogP) is 3.94. The number of nitrogens with one attached hydrogen (secondary N) is 2. The molecule has 23 heavy (non-hydrogen) atoms. The fourth-order valence-electron chi connectivity index (χ4n) is 1.91. The topological polar surface area (TPSA) is 67.0 Å². The molecule has 0 atom stereocenters. The molecule has 124 valence electrons. The van der Waals surface area contributed by atoms with Crippen LogP contribution in [-0.4, -0.2) is 21.8 Å². The maximum absolute atomic E-state index is 11.8. The third-order valence-electron chi connectivity index (χ3n) is 2.93. The van der Waals surface area contributed by atoms with Gasteiger partial charge in [0, 0.05) is 23.6 Å². The van der Waals surface area contributed by atoms with Crippen LogP contribution in [0.4, 0.5) is 11.6 Å². The van der Waals surface area contributed by atoms with Crippen LogP contribution < -0.4 is 15.6 Å². The lowest BCUT2D eigenvalue weighted by molar-refractivity contribution is 0.317. The Morgan fingerprint density at radius 2 is 2.17 bits per heavy atom. The zero-order chi connectivity index (χ0) is 16.7. The number of benzene rings is 1. The number of hydrogen-bond donors (Lipinski definition) is 2. The van der Waals surface area contributed by atoms with E-state index in [0.717, 1.165) is 29.3 Å². The lowest BCUT2D eigenvalue weighted by Gasteiger charge is -2.10. The smallest absolute Gasteiger partial charge is 0.252 e. The molecule has 1 heterocycles. The second kappa shape index (κ2) is 8.62. The first kappa shape index (κ1) is 17.4. The summed E-state index contributed by atoms with van der Waals surface area (Å²) in [4.78, 5) is 19.0. The molecule has 2 N–H and O–H groups in total. The summed E-state index contributed by atoms with van der Waals surface area (Å²) >= 11 is 1.76. The number of H-pyrrole nitrogens is 1. The molecule has 0 saturated carbocycles. The highest BCUT2D eigenvalue weighted by Gasteiger charge is 2.04. The fourth-order valence-corrected chi connectivity index (χ4v) is 2.57. The van der Waals surface area contributed by atoms with Crippen molar-refractivity contribution in [1.29, 1.82) is 0 Å². The summed E-state index contributed by atoms with van der Waals surface area (Å²) in [6.07, 6.45) is 0.960. The van der Waals surface area contributed by atoms with Gasteiger partial charge >= 0.3 is 0 Å². The molecule has 1 aromatic heterocycles. The Morgan fingerprint density at radius 1 is 1.35 bits per heavy atom. The molecule has 0 aliphatic heterocycles. The highest BCUT2D eigenvalue weighted by atomic mass is 32.2. The van der Waals surface area contributed by atoms with Crippen molar-refractivity contribution < 1.29 is 4.74 Å². The Morgan fingerprint density at radius 3 is 2.91 bits per heavy atom. The molecule has 0 bridgehead atoms. The number of aromatic amines is 1. The van der Waals surface area contributed by atoms with Crippen molar-refractivity contribution in [2.45, 2.75) is 38.2 Å². The van der Waals surface area contributed by atoms with Crippen molar-refractivity contribution in [3.63, 3.8) is 0 Å². The largest absolute Gasteiger partial charge is 0.494 e. The van der Waals surface area contributed by atoms with Gasteiger partial charge < -0.3 is 10.1 Å². The van der Waals surface area contributed by atoms with Crippen LogP contribution in [0.5, 0.6) is 5.75 Å². The maximum Gasteiger partial charge on any atom is 0.252 e. The number of thioether (sulfide) groups is 1. The second-order valence-electron chi connectivity index (χ2n) is 5.45. The minimum Gasteiger partial charge on any atom is -0.494 e. The van der Waals surface area contributed by atoms with Crippen molar-refractivity contribution in [2.75, 3.05) is 11.9 Å². The molecule has 6 heteroatoms. The predicted molar refractivity (Wildman–Crippen MR) is 96.8 cm³/mol. The van der Waals surface area contributed by atoms with Gasteiger partial charge in [-0.2, -0.15) is 11.8 Å². The van der Waals surface area contributed by atoms with Crippen LogP contribution in [0, 0.1) is 0 Å². The molecule has 0 radical (unpaired) electrons. The first-order chi connectivity index (χ1) is 11.1. The molecule has 2 rings (SSSR count). The number of anilines is 2. The van der Waals surface area contributed by atoms with E-state index in [-0.39, 0.29) is 5.56 Å². The van der Waals surface area contributed by atoms with Gasteiger partial charge in [0.1, 0.15) is 5.75 Å². The normalized spacial score (nSPS) is 10.8.